The highest BCUT2D eigenvalue weighted by Gasteiger charge is 2.15. The molecule has 1 saturated heterocycles. The number of aromatic nitrogens is 1. The first kappa shape index (κ1) is 14.5. The van der Waals surface area contributed by atoms with Crippen molar-refractivity contribution in [3.63, 3.8) is 0 Å². The molecule has 20 heavy (non-hydrogen) atoms. The fourth-order valence-electron chi connectivity index (χ4n) is 2.38. The first-order valence-corrected chi connectivity index (χ1v) is 7.41. The van der Waals surface area contributed by atoms with Gasteiger partial charge in [-0.1, -0.05) is 44.2 Å². The lowest BCUT2D eigenvalue weighted by Gasteiger charge is -2.30. The molecule has 3 rings (SSSR count). The standard InChI is InChI=1S/C15H17N3.C2H6/c1-2-5-13(6-3-1)15-14(7-4-8-17-15)18-11-9-16-10-12-18;1-2/h1-8,16H,9-12H2;1-2H3. The molecule has 1 aliphatic heterocycles. The van der Waals surface area contributed by atoms with Gasteiger partial charge in [-0.2, -0.15) is 0 Å². The highest BCUT2D eigenvalue weighted by Crippen LogP contribution is 2.28. The number of pyridine rings is 1. The summed E-state index contributed by atoms with van der Waals surface area (Å²) in [5, 5.41) is 3.38. The monoisotopic (exact) mass is 269 g/mol. The summed E-state index contributed by atoms with van der Waals surface area (Å²) >= 11 is 0. The van der Waals surface area contributed by atoms with E-state index in [0.717, 1.165) is 31.9 Å². The molecule has 0 saturated carbocycles. The van der Waals surface area contributed by atoms with Crippen LogP contribution < -0.4 is 10.2 Å². The molecule has 0 unspecified atom stereocenters. The summed E-state index contributed by atoms with van der Waals surface area (Å²) in [7, 11) is 0. The average Bonchev–Trinajstić information content (AvgIpc) is 2.58. The van der Waals surface area contributed by atoms with Crippen LogP contribution in [-0.2, 0) is 0 Å². The van der Waals surface area contributed by atoms with E-state index in [2.05, 4.69) is 45.5 Å². The Labute approximate surface area is 121 Å². The molecule has 3 nitrogen and oxygen atoms in total. The number of piperazine rings is 1. The lowest BCUT2D eigenvalue weighted by molar-refractivity contribution is 0.589. The number of benzene rings is 1. The van der Waals surface area contributed by atoms with Gasteiger partial charge in [0.2, 0.25) is 0 Å². The second-order valence-electron chi connectivity index (χ2n) is 4.47. The molecule has 2 heterocycles. The van der Waals surface area contributed by atoms with Crippen molar-refractivity contribution in [2.45, 2.75) is 13.8 Å². The zero-order valence-corrected chi connectivity index (χ0v) is 12.3. The maximum Gasteiger partial charge on any atom is 0.0935 e. The van der Waals surface area contributed by atoms with Crippen LogP contribution in [0.4, 0.5) is 5.69 Å². The normalized spacial score (nSPS) is 14.4. The highest BCUT2D eigenvalue weighted by molar-refractivity contribution is 5.74. The third kappa shape index (κ3) is 3.36. The van der Waals surface area contributed by atoms with Gasteiger partial charge in [0.15, 0.2) is 0 Å². The fourth-order valence-corrected chi connectivity index (χ4v) is 2.38. The number of nitrogens with one attached hydrogen (secondary N) is 1. The summed E-state index contributed by atoms with van der Waals surface area (Å²) in [4.78, 5) is 6.97. The summed E-state index contributed by atoms with van der Waals surface area (Å²) in [6.45, 7) is 8.18. The predicted molar refractivity (Wildman–Crippen MR) is 86.1 cm³/mol. The molecule has 1 fully saturated rings. The Morgan fingerprint density at radius 1 is 0.950 bits per heavy atom. The molecular formula is C17H23N3. The smallest absolute Gasteiger partial charge is 0.0935 e. The maximum absolute atomic E-state index is 4.56. The van der Waals surface area contributed by atoms with Crippen LogP contribution in [0, 0.1) is 0 Å². The summed E-state index contributed by atoms with van der Waals surface area (Å²) < 4.78 is 0. The van der Waals surface area contributed by atoms with E-state index < -0.39 is 0 Å². The van der Waals surface area contributed by atoms with E-state index in [9.17, 15) is 0 Å². The van der Waals surface area contributed by atoms with Gasteiger partial charge in [-0.3, -0.25) is 4.98 Å². The molecule has 0 atom stereocenters. The molecule has 0 aliphatic carbocycles. The quantitative estimate of drug-likeness (QED) is 0.907. The van der Waals surface area contributed by atoms with Gasteiger partial charge in [0.1, 0.15) is 0 Å². The molecule has 0 amide bonds. The summed E-state index contributed by atoms with van der Waals surface area (Å²) in [6.07, 6.45) is 1.87. The Morgan fingerprint density at radius 2 is 1.65 bits per heavy atom. The molecule has 1 aromatic heterocycles. The fraction of sp³-hybridized carbons (Fsp3) is 0.353. The second-order valence-corrected chi connectivity index (χ2v) is 4.47. The molecule has 1 N–H and O–H groups in total. The van der Waals surface area contributed by atoms with Crippen molar-refractivity contribution in [3.8, 4) is 11.3 Å². The minimum Gasteiger partial charge on any atom is -0.367 e. The predicted octanol–water partition coefficient (Wildman–Crippen LogP) is 3.18. The SMILES string of the molecule is CC.c1ccc(-c2ncccc2N2CCNCC2)cc1. The Balaban J connectivity index is 0.000000704. The van der Waals surface area contributed by atoms with E-state index in [4.69, 9.17) is 0 Å². The van der Waals surface area contributed by atoms with E-state index in [1.54, 1.807) is 0 Å². The van der Waals surface area contributed by atoms with Crippen LogP contribution in [0.3, 0.4) is 0 Å². The van der Waals surface area contributed by atoms with Crippen molar-refractivity contribution in [2.75, 3.05) is 31.1 Å². The molecule has 2 aromatic rings. The first-order valence-electron chi connectivity index (χ1n) is 7.41. The van der Waals surface area contributed by atoms with Crippen LogP contribution >= 0.6 is 0 Å². The Morgan fingerprint density at radius 3 is 2.35 bits per heavy atom. The average molecular weight is 269 g/mol. The van der Waals surface area contributed by atoms with Crippen molar-refractivity contribution in [1.29, 1.82) is 0 Å². The van der Waals surface area contributed by atoms with Gasteiger partial charge in [-0.05, 0) is 12.1 Å². The van der Waals surface area contributed by atoms with Gasteiger partial charge >= 0.3 is 0 Å². The first-order chi connectivity index (χ1) is 9.95. The summed E-state index contributed by atoms with van der Waals surface area (Å²) in [6, 6.07) is 14.6. The largest absolute Gasteiger partial charge is 0.367 e. The lowest BCUT2D eigenvalue weighted by atomic mass is 10.1. The van der Waals surface area contributed by atoms with Gasteiger partial charge in [-0.25, -0.2) is 0 Å². The Hall–Kier alpha value is -1.87. The molecule has 0 spiro atoms. The number of rotatable bonds is 2. The van der Waals surface area contributed by atoms with Crippen LogP contribution in [0.2, 0.25) is 0 Å². The molecule has 106 valence electrons. The van der Waals surface area contributed by atoms with Crippen molar-refractivity contribution < 1.29 is 0 Å². The maximum atomic E-state index is 4.56. The number of hydrogen-bond acceptors (Lipinski definition) is 3. The van der Waals surface area contributed by atoms with E-state index in [0.29, 0.717) is 0 Å². The van der Waals surface area contributed by atoms with Crippen molar-refractivity contribution >= 4 is 5.69 Å². The third-order valence-corrected chi connectivity index (χ3v) is 3.29. The van der Waals surface area contributed by atoms with Gasteiger partial charge in [0, 0.05) is 37.9 Å². The topological polar surface area (TPSA) is 28.2 Å². The molecular weight excluding hydrogens is 246 g/mol. The van der Waals surface area contributed by atoms with Gasteiger partial charge in [0.05, 0.1) is 11.4 Å². The third-order valence-electron chi connectivity index (χ3n) is 3.29. The van der Waals surface area contributed by atoms with Crippen LogP contribution in [0.1, 0.15) is 13.8 Å². The molecule has 1 aromatic carbocycles. The van der Waals surface area contributed by atoms with Crippen molar-refractivity contribution in [1.82, 2.24) is 10.3 Å². The van der Waals surface area contributed by atoms with Gasteiger partial charge in [-0.15, -0.1) is 0 Å². The van der Waals surface area contributed by atoms with E-state index in [1.165, 1.54) is 11.3 Å². The van der Waals surface area contributed by atoms with Crippen LogP contribution in [0.5, 0.6) is 0 Å². The van der Waals surface area contributed by atoms with Crippen LogP contribution in [-0.4, -0.2) is 31.2 Å². The van der Waals surface area contributed by atoms with Gasteiger partial charge < -0.3 is 10.2 Å². The number of anilines is 1. The summed E-state index contributed by atoms with van der Waals surface area (Å²) in [5.41, 5.74) is 3.51. The van der Waals surface area contributed by atoms with E-state index >= 15 is 0 Å². The molecule has 1 aliphatic rings. The van der Waals surface area contributed by atoms with Crippen LogP contribution in [0.25, 0.3) is 11.3 Å². The van der Waals surface area contributed by atoms with Crippen LogP contribution in [0.15, 0.2) is 48.7 Å². The Bertz CT molecular complexity index is 505. The highest BCUT2D eigenvalue weighted by atomic mass is 15.2. The minimum absolute atomic E-state index is 1.04. The minimum atomic E-state index is 1.04. The molecule has 0 bridgehead atoms. The zero-order chi connectivity index (χ0) is 14.2. The Kier molecular flexibility index (Phi) is 5.56. The summed E-state index contributed by atoms with van der Waals surface area (Å²) in [5.74, 6) is 0. The lowest BCUT2D eigenvalue weighted by Crippen LogP contribution is -2.43. The van der Waals surface area contributed by atoms with E-state index in [1.807, 2.05) is 32.2 Å². The van der Waals surface area contributed by atoms with Crippen molar-refractivity contribution in [3.05, 3.63) is 48.7 Å². The van der Waals surface area contributed by atoms with Crippen molar-refractivity contribution in [2.24, 2.45) is 0 Å². The number of nitrogens with zero attached hydrogens (tertiary/aromatic N) is 2. The number of hydrogen-bond donors (Lipinski definition) is 1. The second kappa shape index (κ2) is 7.65. The molecule has 0 radical (unpaired) electrons. The molecule has 3 heteroatoms. The zero-order valence-electron chi connectivity index (χ0n) is 12.3. The van der Waals surface area contributed by atoms with E-state index in [-0.39, 0.29) is 0 Å². The van der Waals surface area contributed by atoms with Gasteiger partial charge in [0.25, 0.3) is 0 Å².